The first kappa shape index (κ1) is 32.1. The van der Waals surface area contributed by atoms with Gasteiger partial charge in [0.25, 0.3) is 0 Å². The van der Waals surface area contributed by atoms with Crippen LogP contribution in [-0.2, 0) is 21.8 Å². The average molecular weight is 662 g/mol. The molecular formula is C36H39N9O4. The molecule has 0 bridgehead atoms. The molecule has 2 aliphatic rings. The standard InChI is InChI=1S/C36H39N9O4/c1-4-27(2)45-35(46)43(26-40-45)30-12-15-34(33(22-30)37-3)42-20-18-41(19-21-42)29-10-13-31(14-11-29)47-23-32-24-48-36(49-32,25-44-38-16-17-39-44)28-8-6-5-7-9-28/h5-17,22,26-27,32H,4,18-21,23-25H2,1-2H3/t27?,32-,36-/m1/s1. The predicted molar refractivity (Wildman–Crippen MR) is 184 cm³/mol. The van der Waals surface area contributed by atoms with Gasteiger partial charge in [-0.15, -0.1) is 0 Å². The number of anilines is 2. The SMILES string of the molecule is [C-]#[N+]c1cc(-n2cnn(C(C)CC)c2=O)ccc1N1CCN(c2ccc(OC[C@@H]3CO[C@@](Cn4nccn4)(c4ccccc4)O3)cc2)CC1. The molecule has 0 radical (unpaired) electrons. The van der Waals surface area contributed by atoms with Crippen molar-refractivity contribution in [1.29, 1.82) is 0 Å². The molecule has 3 aromatic carbocycles. The van der Waals surface area contributed by atoms with Gasteiger partial charge in [-0.2, -0.15) is 20.1 Å². The number of aromatic nitrogens is 6. The summed E-state index contributed by atoms with van der Waals surface area (Å²) in [4.78, 5) is 22.9. The molecule has 0 amide bonds. The second-order valence-corrected chi connectivity index (χ2v) is 12.3. The van der Waals surface area contributed by atoms with Gasteiger partial charge in [0.15, 0.2) is 0 Å². The normalized spacial score (nSPS) is 19.9. The lowest BCUT2D eigenvalue weighted by Crippen LogP contribution is -2.46. The Balaban J connectivity index is 0.942. The zero-order chi connectivity index (χ0) is 33.8. The monoisotopic (exact) mass is 661 g/mol. The van der Waals surface area contributed by atoms with Crippen molar-refractivity contribution in [3.63, 3.8) is 0 Å². The summed E-state index contributed by atoms with van der Waals surface area (Å²) >= 11 is 0. The minimum absolute atomic E-state index is 0.00761. The molecule has 1 unspecified atom stereocenters. The second-order valence-electron chi connectivity index (χ2n) is 12.3. The van der Waals surface area contributed by atoms with E-state index in [4.69, 9.17) is 20.8 Å². The fourth-order valence-corrected chi connectivity index (χ4v) is 6.31. The molecule has 2 fully saturated rings. The van der Waals surface area contributed by atoms with Crippen LogP contribution in [0, 0.1) is 6.57 Å². The van der Waals surface area contributed by atoms with Crippen LogP contribution in [0.4, 0.5) is 17.1 Å². The summed E-state index contributed by atoms with van der Waals surface area (Å²) in [5.41, 5.74) is 3.85. The van der Waals surface area contributed by atoms with Gasteiger partial charge in [-0.1, -0.05) is 37.3 Å². The molecule has 49 heavy (non-hydrogen) atoms. The summed E-state index contributed by atoms with van der Waals surface area (Å²) in [7, 11) is 0. The molecule has 7 rings (SSSR count). The van der Waals surface area contributed by atoms with Crippen LogP contribution in [0.2, 0.25) is 0 Å². The smallest absolute Gasteiger partial charge is 0.350 e. The number of rotatable bonds is 11. The van der Waals surface area contributed by atoms with E-state index in [0.717, 1.165) is 55.3 Å². The van der Waals surface area contributed by atoms with Crippen LogP contribution in [0.15, 0.2) is 96.3 Å². The topological polar surface area (TPSA) is 109 Å². The summed E-state index contributed by atoms with van der Waals surface area (Å²) in [6.07, 6.45) is 5.35. The highest BCUT2D eigenvalue weighted by atomic mass is 16.8. The Morgan fingerprint density at radius 3 is 2.39 bits per heavy atom. The van der Waals surface area contributed by atoms with Gasteiger partial charge in [0.1, 0.15) is 31.3 Å². The van der Waals surface area contributed by atoms with Crippen molar-refractivity contribution in [2.75, 3.05) is 49.2 Å². The maximum Gasteiger partial charge on any atom is 0.350 e. The van der Waals surface area contributed by atoms with E-state index in [1.165, 1.54) is 15.6 Å². The van der Waals surface area contributed by atoms with E-state index in [1.807, 2.05) is 68.4 Å². The number of piperazine rings is 1. The third-order valence-electron chi connectivity index (χ3n) is 9.21. The van der Waals surface area contributed by atoms with Gasteiger partial charge in [-0.3, -0.25) is 4.57 Å². The lowest BCUT2D eigenvalue weighted by Gasteiger charge is -2.38. The molecule has 13 nitrogen and oxygen atoms in total. The number of benzene rings is 3. The zero-order valence-electron chi connectivity index (χ0n) is 27.6. The van der Waals surface area contributed by atoms with Crippen molar-refractivity contribution in [1.82, 2.24) is 29.3 Å². The number of hydrogen-bond acceptors (Lipinski definition) is 9. The van der Waals surface area contributed by atoms with Crippen LogP contribution in [0.25, 0.3) is 10.5 Å². The summed E-state index contributed by atoms with van der Waals surface area (Å²) in [6, 6.07) is 23.6. The third kappa shape index (κ3) is 6.65. The van der Waals surface area contributed by atoms with E-state index in [1.54, 1.807) is 23.3 Å². The van der Waals surface area contributed by atoms with Crippen molar-refractivity contribution in [3.8, 4) is 11.4 Å². The van der Waals surface area contributed by atoms with E-state index in [9.17, 15) is 4.79 Å². The molecule has 2 aromatic heterocycles. The lowest BCUT2D eigenvalue weighted by molar-refractivity contribution is -0.192. The number of hydrogen-bond donors (Lipinski definition) is 0. The first-order valence-electron chi connectivity index (χ1n) is 16.6. The van der Waals surface area contributed by atoms with Crippen LogP contribution < -0.4 is 20.2 Å². The molecule has 5 aromatic rings. The van der Waals surface area contributed by atoms with Gasteiger partial charge in [0, 0.05) is 48.8 Å². The summed E-state index contributed by atoms with van der Waals surface area (Å²) in [5, 5.41) is 12.8. The molecule has 4 heterocycles. The third-order valence-corrected chi connectivity index (χ3v) is 9.21. The van der Waals surface area contributed by atoms with Crippen molar-refractivity contribution in [2.24, 2.45) is 0 Å². The van der Waals surface area contributed by atoms with E-state index in [0.29, 0.717) is 31.1 Å². The molecule has 0 N–H and O–H groups in total. The quantitative estimate of drug-likeness (QED) is 0.184. The Bertz CT molecular complexity index is 1940. The molecular weight excluding hydrogens is 622 g/mol. The number of ether oxygens (including phenoxy) is 3. The molecule has 0 spiro atoms. The highest BCUT2D eigenvalue weighted by molar-refractivity contribution is 5.74. The van der Waals surface area contributed by atoms with Crippen LogP contribution in [0.5, 0.6) is 5.75 Å². The van der Waals surface area contributed by atoms with Crippen LogP contribution in [0.3, 0.4) is 0 Å². The molecule has 252 valence electrons. The van der Waals surface area contributed by atoms with Crippen LogP contribution in [0.1, 0.15) is 31.9 Å². The Morgan fingerprint density at radius 1 is 0.959 bits per heavy atom. The predicted octanol–water partition coefficient (Wildman–Crippen LogP) is 4.82. The minimum Gasteiger partial charge on any atom is -0.491 e. The van der Waals surface area contributed by atoms with E-state index >= 15 is 0 Å². The van der Waals surface area contributed by atoms with Crippen LogP contribution in [-0.4, -0.2) is 74.8 Å². The molecule has 2 aliphatic heterocycles. The van der Waals surface area contributed by atoms with Crippen molar-refractivity contribution >= 4 is 17.1 Å². The largest absolute Gasteiger partial charge is 0.491 e. The Hall–Kier alpha value is -5.45. The minimum atomic E-state index is -0.991. The molecule has 0 aliphatic carbocycles. The average Bonchev–Trinajstić information content (AvgIpc) is 3.92. The van der Waals surface area contributed by atoms with Gasteiger partial charge in [-0.05, 0) is 55.8 Å². The summed E-state index contributed by atoms with van der Waals surface area (Å²) in [5.74, 6) is -0.234. The maximum absolute atomic E-state index is 12.9. The second kappa shape index (κ2) is 14.0. The maximum atomic E-state index is 12.9. The van der Waals surface area contributed by atoms with Gasteiger partial charge in [-0.25, -0.2) is 14.3 Å². The van der Waals surface area contributed by atoms with Crippen molar-refractivity contribution < 1.29 is 14.2 Å². The van der Waals surface area contributed by atoms with Gasteiger partial charge in [0.2, 0.25) is 11.5 Å². The van der Waals surface area contributed by atoms with Crippen LogP contribution >= 0.6 is 0 Å². The van der Waals surface area contributed by atoms with Crippen molar-refractivity contribution in [2.45, 2.75) is 44.7 Å². The highest BCUT2D eigenvalue weighted by Gasteiger charge is 2.44. The van der Waals surface area contributed by atoms with Gasteiger partial charge < -0.3 is 24.0 Å². The Kier molecular flexibility index (Phi) is 9.15. The Morgan fingerprint density at radius 2 is 1.67 bits per heavy atom. The lowest BCUT2D eigenvalue weighted by atomic mass is 10.1. The first-order chi connectivity index (χ1) is 24.0. The Labute approximate surface area is 284 Å². The molecule has 2 saturated heterocycles. The van der Waals surface area contributed by atoms with Gasteiger partial charge >= 0.3 is 5.69 Å². The molecule has 13 heteroatoms. The fourth-order valence-electron chi connectivity index (χ4n) is 6.31. The number of nitrogens with zero attached hydrogens (tertiary/aromatic N) is 9. The van der Waals surface area contributed by atoms with Gasteiger partial charge in [0.05, 0.1) is 31.6 Å². The van der Waals surface area contributed by atoms with E-state index < -0.39 is 5.79 Å². The summed E-state index contributed by atoms with van der Waals surface area (Å²) < 4.78 is 21.8. The van der Waals surface area contributed by atoms with E-state index in [-0.39, 0.29) is 17.8 Å². The summed E-state index contributed by atoms with van der Waals surface area (Å²) in [6.45, 7) is 16.0. The molecule has 3 atom stereocenters. The van der Waals surface area contributed by atoms with E-state index in [2.05, 4.69) is 42.1 Å². The van der Waals surface area contributed by atoms with Crippen molar-refractivity contribution in [3.05, 3.63) is 119 Å². The first-order valence-corrected chi connectivity index (χ1v) is 16.6. The highest BCUT2D eigenvalue weighted by Crippen LogP contribution is 2.36. The molecule has 0 saturated carbocycles. The fraction of sp³-hybridized carbons (Fsp3) is 0.361. The zero-order valence-corrected chi connectivity index (χ0v) is 27.6.